The smallest absolute Gasteiger partial charge is 0.191 e. The van der Waals surface area contributed by atoms with Gasteiger partial charge in [-0.2, -0.15) is 0 Å². The lowest BCUT2D eigenvalue weighted by molar-refractivity contribution is -0.0164. The van der Waals surface area contributed by atoms with Crippen molar-refractivity contribution in [1.29, 1.82) is 0 Å². The van der Waals surface area contributed by atoms with Crippen molar-refractivity contribution in [3.05, 3.63) is 34.3 Å². The highest BCUT2D eigenvalue weighted by Crippen LogP contribution is 2.30. The van der Waals surface area contributed by atoms with E-state index in [0.717, 1.165) is 43.0 Å². The molecule has 2 N–H and O–H groups in total. The normalized spacial score (nSPS) is 22.2. The Morgan fingerprint density at radius 3 is 2.62 bits per heavy atom. The van der Waals surface area contributed by atoms with Crippen LogP contribution in [0.1, 0.15) is 44.2 Å². The number of ether oxygens (including phenoxy) is 1. The Morgan fingerprint density at radius 1 is 1.27 bits per heavy atom. The third kappa shape index (κ3) is 4.59. The second-order valence-electron chi connectivity index (χ2n) is 7.34. The van der Waals surface area contributed by atoms with Gasteiger partial charge in [0, 0.05) is 36.8 Å². The van der Waals surface area contributed by atoms with Gasteiger partial charge in [-0.1, -0.05) is 34.1 Å². The molecule has 0 aromatic heterocycles. The van der Waals surface area contributed by atoms with Crippen molar-refractivity contribution in [3.8, 4) is 0 Å². The van der Waals surface area contributed by atoms with Crippen molar-refractivity contribution < 1.29 is 4.74 Å². The standard InChI is InChI=1S/C20H31BrN4O/c1-16(17-7-3-4-8-18(17)21)24-19(22-2)23-15-20(9-13-26-14-10-20)25-11-5-6-12-25/h3-4,7-8,16H,5-6,9-15H2,1-2H3,(H2,22,23,24). The first kappa shape index (κ1) is 19.6. The molecule has 2 aliphatic rings. The number of nitrogens with one attached hydrogen (secondary N) is 2. The van der Waals surface area contributed by atoms with E-state index < -0.39 is 0 Å². The number of likely N-dealkylation sites (tertiary alicyclic amines) is 1. The molecule has 6 heteroatoms. The number of nitrogens with zero attached hydrogens (tertiary/aromatic N) is 2. The fraction of sp³-hybridized carbons (Fsp3) is 0.650. The maximum absolute atomic E-state index is 5.65. The van der Waals surface area contributed by atoms with Gasteiger partial charge >= 0.3 is 0 Å². The second kappa shape index (κ2) is 9.20. The molecule has 0 spiro atoms. The molecular formula is C20H31BrN4O. The predicted molar refractivity (Wildman–Crippen MR) is 111 cm³/mol. The van der Waals surface area contributed by atoms with Crippen molar-refractivity contribution in [2.75, 3.05) is 39.9 Å². The van der Waals surface area contributed by atoms with Gasteiger partial charge in [0.25, 0.3) is 0 Å². The monoisotopic (exact) mass is 422 g/mol. The largest absolute Gasteiger partial charge is 0.381 e. The Kier molecular flexibility index (Phi) is 6.95. The summed E-state index contributed by atoms with van der Waals surface area (Å²) in [5.41, 5.74) is 1.43. The van der Waals surface area contributed by atoms with Crippen LogP contribution in [0.25, 0.3) is 0 Å². The van der Waals surface area contributed by atoms with Gasteiger partial charge in [-0.3, -0.25) is 9.89 Å². The van der Waals surface area contributed by atoms with Crippen molar-refractivity contribution in [2.24, 2.45) is 4.99 Å². The molecule has 3 rings (SSSR count). The number of guanidine groups is 1. The molecule has 1 aromatic rings. The summed E-state index contributed by atoms with van der Waals surface area (Å²) in [5, 5.41) is 7.13. The van der Waals surface area contributed by atoms with Crippen LogP contribution in [0.5, 0.6) is 0 Å². The van der Waals surface area contributed by atoms with Gasteiger partial charge in [-0.25, -0.2) is 0 Å². The maximum atomic E-state index is 5.65. The molecule has 0 radical (unpaired) electrons. The summed E-state index contributed by atoms with van der Waals surface area (Å²) in [6.45, 7) is 7.22. The Morgan fingerprint density at radius 2 is 1.96 bits per heavy atom. The van der Waals surface area contributed by atoms with Gasteiger partial charge in [0.2, 0.25) is 0 Å². The minimum absolute atomic E-state index is 0.175. The van der Waals surface area contributed by atoms with Crippen molar-refractivity contribution >= 4 is 21.9 Å². The zero-order chi connectivity index (χ0) is 18.4. The van der Waals surface area contributed by atoms with E-state index in [1.54, 1.807) is 0 Å². The van der Waals surface area contributed by atoms with Gasteiger partial charge in [0.05, 0.1) is 6.04 Å². The van der Waals surface area contributed by atoms with Crippen molar-refractivity contribution in [1.82, 2.24) is 15.5 Å². The Bertz CT molecular complexity index is 610. The number of benzene rings is 1. The fourth-order valence-corrected chi connectivity index (χ4v) is 4.73. The molecule has 0 bridgehead atoms. The van der Waals surface area contributed by atoms with E-state index in [0.29, 0.717) is 0 Å². The lowest BCUT2D eigenvalue weighted by atomic mass is 9.88. The van der Waals surface area contributed by atoms with E-state index in [1.165, 1.54) is 31.5 Å². The minimum Gasteiger partial charge on any atom is -0.381 e. The zero-order valence-corrected chi connectivity index (χ0v) is 17.5. The summed E-state index contributed by atoms with van der Waals surface area (Å²) in [6, 6.07) is 8.50. The first-order chi connectivity index (χ1) is 12.6. The zero-order valence-electron chi connectivity index (χ0n) is 15.9. The van der Waals surface area contributed by atoms with E-state index >= 15 is 0 Å². The summed E-state index contributed by atoms with van der Waals surface area (Å²) in [5.74, 6) is 0.860. The van der Waals surface area contributed by atoms with E-state index in [4.69, 9.17) is 4.74 Å². The summed E-state index contributed by atoms with van der Waals surface area (Å²) < 4.78 is 6.77. The number of aliphatic imine (C=N–C) groups is 1. The number of halogens is 1. The molecular weight excluding hydrogens is 392 g/mol. The molecule has 2 aliphatic heterocycles. The van der Waals surface area contributed by atoms with Gasteiger partial charge in [0.15, 0.2) is 5.96 Å². The van der Waals surface area contributed by atoms with Crippen LogP contribution in [-0.2, 0) is 4.74 Å². The van der Waals surface area contributed by atoms with E-state index in [-0.39, 0.29) is 11.6 Å². The van der Waals surface area contributed by atoms with Crippen LogP contribution in [0.3, 0.4) is 0 Å². The third-order valence-electron chi connectivity index (χ3n) is 5.73. The SMILES string of the molecule is CN=C(NCC1(N2CCCC2)CCOCC1)NC(C)c1ccccc1Br. The van der Waals surface area contributed by atoms with Gasteiger partial charge in [0.1, 0.15) is 0 Å². The van der Waals surface area contributed by atoms with Crippen LogP contribution in [0.15, 0.2) is 33.7 Å². The molecule has 26 heavy (non-hydrogen) atoms. The highest BCUT2D eigenvalue weighted by atomic mass is 79.9. The number of hydrogen-bond donors (Lipinski definition) is 2. The van der Waals surface area contributed by atoms with Crippen LogP contribution in [0, 0.1) is 0 Å². The molecule has 0 aliphatic carbocycles. The highest BCUT2D eigenvalue weighted by molar-refractivity contribution is 9.10. The molecule has 1 atom stereocenters. The number of hydrogen-bond acceptors (Lipinski definition) is 3. The van der Waals surface area contributed by atoms with Gasteiger partial charge in [-0.05, 0) is 57.3 Å². The number of rotatable bonds is 5. The summed E-state index contributed by atoms with van der Waals surface area (Å²) in [6.07, 6.45) is 4.82. The van der Waals surface area contributed by atoms with Gasteiger partial charge in [-0.15, -0.1) is 0 Å². The molecule has 5 nitrogen and oxygen atoms in total. The third-order valence-corrected chi connectivity index (χ3v) is 6.46. The van der Waals surface area contributed by atoms with Crippen LogP contribution in [0.4, 0.5) is 0 Å². The molecule has 1 aromatic carbocycles. The van der Waals surface area contributed by atoms with Gasteiger partial charge < -0.3 is 15.4 Å². The average molecular weight is 423 g/mol. The van der Waals surface area contributed by atoms with Crippen molar-refractivity contribution in [2.45, 2.75) is 44.2 Å². The Balaban J connectivity index is 1.63. The second-order valence-corrected chi connectivity index (χ2v) is 8.20. The topological polar surface area (TPSA) is 48.9 Å². The molecule has 1 unspecified atom stereocenters. The molecule has 0 saturated carbocycles. The predicted octanol–water partition coefficient (Wildman–Crippen LogP) is 3.32. The lowest BCUT2D eigenvalue weighted by Gasteiger charge is -2.45. The highest BCUT2D eigenvalue weighted by Gasteiger charge is 2.39. The summed E-state index contributed by atoms with van der Waals surface area (Å²) in [4.78, 5) is 7.13. The van der Waals surface area contributed by atoms with E-state index in [9.17, 15) is 0 Å². The summed E-state index contributed by atoms with van der Waals surface area (Å²) >= 11 is 3.64. The Labute approximate surface area is 165 Å². The average Bonchev–Trinajstić information content (AvgIpc) is 3.21. The molecule has 2 heterocycles. The van der Waals surface area contributed by atoms with Crippen LogP contribution < -0.4 is 10.6 Å². The molecule has 144 valence electrons. The Hall–Kier alpha value is -1.11. The first-order valence-corrected chi connectivity index (χ1v) is 10.5. The van der Waals surface area contributed by atoms with Crippen LogP contribution in [-0.4, -0.2) is 56.3 Å². The molecule has 0 amide bonds. The maximum Gasteiger partial charge on any atom is 0.191 e. The first-order valence-electron chi connectivity index (χ1n) is 9.69. The lowest BCUT2D eigenvalue weighted by Crippen LogP contribution is -2.58. The van der Waals surface area contributed by atoms with Crippen molar-refractivity contribution in [3.63, 3.8) is 0 Å². The van der Waals surface area contributed by atoms with Crippen LogP contribution >= 0.6 is 15.9 Å². The summed E-state index contributed by atoms with van der Waals surface area (Å²) in [7, 11) is 1.84. The van der Waals surface area contributed by atoms with E-state index in [2.05, 4.69) is 61.6 Å². The molecule has 2 fully saturated rings. The quantitative estimate of drug-likeness (QED) is 0.564. The minimum atomic E-state index is 0.175. The van der Waals surface area contributed by atoms with Crippen LogP contribution in [0.2, 0.25) is 0 Å². The fourth-order valence-electron chi connectivity index (χ4n) is 4.10. The van der Waals surface area contributed by atoms with E-state index in [1.807, 2.05) is 13.1 Å². The molecule has 2 saturated heterocycles.